The van der Waals surface area contributed by atoms with Crippen LogP contribution in [0.25, 0.3) is 0 Å². The zero-order valence-electron chi connectivity index (χ0n) is 13.8. The largest absolute Gasteiger partial charge is 0.509 e. The summed E-state index contributed by atoms with van der Waals surface area (Å²) in [6.07, 6.45) is -1.45. The molecule has 0 saturated carbocycles. The van der Waals surface area contributed by atoms with E-state index in [4.69, 9.17) is 9.47 Å². The first kappa shape index (κ1) is 20.0. The number of carbonyl (C=O) groups excluding carboxylic acids is 3. The number of ketones is 1. The highest BCUT2D eigenvalue weighted by atomic mass is 16.7. The summed E-state index contributed by atoms with van der Waals surface area (Å²) in [5.41, 5.74) is 0. The van der Waals surface area contributed by atoms with Crippen molar-refractivity contribution in [3.05, 3.63) is 0 Å². The van der Waals surface area contributed by atoms with Gasteiger partial charge in [-0.15, -0.1) is 0 Å². The summed E-state index contributed by atoms with van der Waals surface area (Å²) in [6, 6.07) is 0. The molecule has 0 bridgehead atoms. The standard InChI is InChI=1S/C16H24O6/c1-6-20-15(18)13(14(17)11(3)4)10-8-9-12(5)22-16(19)21-7-2/h11-13H,6-7,10H2,1-5H3. The van der Waals surface area contributed by atoms with Gasteiger partial charge in [-0.3, -0.25) is 9.59 Å². The third-order valence-corrected chi connectivity index (χ3v) is 2.63. The van der Waals surface area contributed by atoms with Gasteiger partial charge in [0.05, 0.1) is 13.2 Å². The highest BCUT2D eigenvalue weighted by Crippen LogP contribution is 2.13. The Kier molecular flexibility index (Phi) is 9.68. The minimum absolute atomic E-state index is 0.0341. The average Bonchev–Trinajstić information content (AvgIpc) is 2.43. The van der Waals surface area contributed by atoms with Gasteiger partial charge in [0.1, 0.15) is 5.92 Å². The van der Waals surface area contributed by atoms with Crippen LogP contribution in [0.15, 0.2) is 0 Å². The van der Waals surface area contributed by atoms with Gasteiger partial charge in [0.2, 0.25) is 0 Å². The van der Waals surface area contributed by atoms with Gasteiger partial charge in [-0.05, 0) is 20.8 Å². The number of hydrogen-bond donors (Lipinski definition) is 0. The molecule has 0 aromatic carbocycles. The zero-order chi connectivity index (χ0) is 17.1. The van der Waals surface area contributed by atoms with Crippen LogP contribution in [0.2, 0.25) is 0 Å². The van der Waals surface area contributed by atoms with Gasteiger partial charge in [-0.2, -0.15) is 0 Å². The molecule has 124 valence electrons. The summed E-state index contributed by atoms with van der Waals surface area (Å²) in [4.78, 5) is 34.9. The van der Waals surface area contributed by atoms with Crippen LogP contribution in [-0.2, 0) is 23.8 Å². The van der Waals surface area contributed by atoms with Crippen LogP contribution in [-0.4, -0.2) is 37.2 Å². The first-order valence-corrected chi connectivity index (χ1v) is 7.35. The first-order chi connectivity index (χ1) is 10.3. The number of rotatable bonds is 7. The van der Waals surface area contributed by atoms with Crippen molar-refractivity contribution in [1.29, 1.82) is 0 Å². The van der Waals surface area contributed by atoms with Gasteiger partial charge in [0, 0.05) is 12.3 Å². The van der Waals surface area contributed by atoms with Gasteiger partial charge < -0.3 is 14.2 Å². The Balaban J connectivity index is 4.70. The van der Waals surface area contributed by atoms with E-state index < -0.39 is 24.1 Å². The van der Waals surface area contributed by atoms with Crippen LogP contribution >= 0.6 is 0 Å². The highest BCUT2D eigenvalue weighted by molar-refractivity contribution is 6.00. The monoisotopic (exact) mass is 312 g/mol. The van der Waals surface area contributed by atoms with E-state index in [1.54, 1.807) is 34.6 Å². The second-order valence-electron chi connectivity index (χ2n) is 4.83. The molecule has 0 rings (SSSR count). The van der Waals surface area contributed by atoms with Crippen molar-refractivity contribution in [2.75, 3.05) is 13.2 Å². The van der Waals surface area contributed by atoms with Crippen molar-refractivity contribution < 1.29 is 28.6 Å². The molecule has 2 atom stereocenters. The number of hydrogen-bond acceptors (Lipinski definition) is 6. The molecule has 0 N–H and O–H groups in total. The Bertz CT molecular complexity index is 443. The third kappa shape index (κ3) is 7.67. The molecule has 0 amide bonds. The molecule has 0 aliphatic rings. The molecule has 6 heteroatoms. The lowest BCUT2D eigenvalue weighted by Crippen LogP contribution is -2.29. The van der Waals surface area contributed by atoms with Gasteiger partial charge >= 0.3 is 12.1 Å². The van der Waals surface area contributed by atoms with Gasteiger partial charge in [0.25, 0.3) is 0 Å². The van der Waals surface area contributed by atoms with E-state index in [0.717, 1.165) is 0 Å². The van der Waals surface area contributed by atoms with Gasteiger partial charge in [0.15, 0.2) is 11.9 Å². The average molecular weight is 312 g/mol. The molecule has 2 unspecified atom stereocenters. The van der Waals surface area contributed by atoms with Crippen LogP contribution in [0, 0.1) is 23.7 Å². The molecule has 22 heavy (non-hydrogen) atoms. The van der Waals surface area contributed by atoms with Crippen LogP contribution < -0.4 is 0 Å². The molecule has 0 fully saturated rings. The van der Waals surface area contributed by atoms with Crippen molar-refractivity contribution in [3.8, 4) is 11.8 Å². The molecule has 0 aliphatic heterocycles. The van der Waals surface area contributed by atoms with Crippen LogP contribution in [0.1, 0.15) is 41.0 Å². The minimum atomic E-state index is -0.915. The topological polar surface area (TPSA) is 78.9 Å². The van der Waals surface area contributed by atoms with Crippen molar-refractivity contribution in [1.82, 2.24) is 0 Å². The summed E-state index contributed by atoms with van der Waals surface area (Å²) in [5, 5.41) is 0. The molecule has 6 nitrogen and oxygen atoms in total. The number of carbonyl (C=O) groups is 3. The lowest BCUT2D eigenvalue weighted by atomic mass is 9.92. The van der Waals surface area contributed by atoms with E-state index in [1.807, 2.05) is 0 Å². The molecule has 0 spiro atoms. The summed E-state index contributed by atoms with van der Waals surface area (Å²) in [7, 11) is 0. The quantitative estimate of drug-likeness (QED) is 0.408. The maximum atomic E-state index is 12.0. The Labute approximate surface area is 131 Å². The Morgan fingerprint density at radius 1 is 1.00 bits per heavy atom. The van der Waals surface area contributed by atoms with E-state index in [0.29, 0.717) is 0 Å². The summed E-state index contributed by atoms with van der Waals surface area (Å²) in [6.45, 7) is 8.77. The highest BCUT2D eigenvalue weighted by Gasteiger charge is 2.28. The second kappa shape index (κ2) is 10.7. The summed E-state index contributed by atoms with van der Waals surface area (Å²) in [5.74, 6) is 3.37. The van der Waals surface area contributed by atoms with E-state index in [-0.39, 0.29) is 31.3 Å². The van der Waals surface area contributed by atoms with Crippen molar-refractivity contribution in [3.63, 3.8) is 0 Å². The fourth-order valence-electron chi connectivity index (χ4n) is 1.58. The number of Topliss-reactive ketones (excluding diaryl/α,β-unsaturated/α-hetero) is 1. The normalized spacial score (nSPS) is 12.6. The zero-order valence-corrected chi connectivity index (χ0v) is 13.8. The van der Waals surface area contributed by atoms with Gasteiger partial charge in [-0.1, -0.05) is 25.7 Å². The molecule has 0 aromatic heterocycles. The van der Waals surface area contributed by atoms with E-state index in [9.17, 15) is 14.4 Å². The second-order valence-corrected chi connectivity index (χ2v) is 4.83. The fraction of sp³-hybridized carbons (Fsp3) is 0.688. The first-order valence-electron chi connectivity index (χ1n) is 7.35. The predicted octanol–water partition coefficient (Wildman–Crippen LogP) is 2.35. The van der Waals surface area contributed by atoms with E-state index in [1.165, 1.54) is 0 Å². The van der Waals surface area contributed by atoms with Crippen LogP contribution in [0.5, 0.6) is 0 Å². The smallest absolute Gasteiger partial charge is 0.465 e. The van der Waals surface area contributed by atoms with E-state index in [2.05, 4.69) is 16.6 Å². The molecule has 0 aliphatic carbocycles. The van der Waals surface area contributed by atoms with Crippen LogP contribution in [0.4, 0.5) is 4.79 Å². The maximum Gasteiger partial charge on any atom is 0.509 e. The summed E-state index contributed by atoms with van der Waals surface area (Å²) < 4.78 is 14.4. The fourth-order valence-corrected chi connectivity index (χ4v) is 1.58. The predicted molar refractivity (Wildman–Crippen MR) is 79.9 cm³/mol. The lowest BCUT2D eigenvalue weighted by molar-refractivity contribution is -0.152. The molecule has 0 saturated heterocycles. The molecule has 0 radical (unpaired) electrons. The van der Waals surface area contributed by atoms with Crippen LogP contribution in [0.3, 0.4) is 0 Å². The summed E-state index contributed by atoms with van der Waals surface area (Å²) >= 11 is 0. The number of ether oxygens (including phenoxy) is 3. The molecule has 0 aromatic rings. The number of esters is 1. The lowest BCUT2D eigenvalue weighted by Gasteiger charge is -2.14. The third-order valence-electron chi connectivity index (χ3n) is 2.63. The Morgan fingerprint density at radius 3 is 2.09 bits per heavy atom. The van der Waals surface area contributed by atoms with Crippen molar-refractivity contribution >= 4 is 17.9 Å². The SMILES string of the molecule is CCOC(=O)OC(C)C#CCC(C(=O)OCC)C(=O)C(C)C. The van der Waals surface area contributed by atoms with Crippen molar-refractivity contribution in [2.24, 2.45) is 11.8 Å². The Hall–Kier alpha value is -2.03. The van der Waals surface area contributed by atoms with E-state index >= 15 is 0 Å². The van der Waals surface area contributed by atoms with Gasteiger partial charge in [-0.25, -0.2) is 4.79 Å². The minimum Gasteiger partial charge on any atom is -0.465 e. The molecule has 0 heterocycles. The maximum absolute atomic E-state index is 12.0. The Morgan fingerprint density at radius 2 is 1.59 bits per heavy atom. The molecular weight excluding hydrogens is 288 g/mol. The molecular formula is C16H24O6. The van der Waals surface area contributed by atoms with Crippen molar-refractivity contribution in [2.45, 2.75) is 47.1 Å².